The third-order valence-corrected chi connectivity index (χ3v) is 11.5. The zero-order chi connectivity index (χ0) is 27.2. The summed E-state index contributed by atoms with van der Waals surface area (Å²) in [6, 6.07) is 13.2. The molecule has 5 aliphatic carbocycles. The Morgan fingerprint density at radius 2 is 1.85 bits per heavy atom. The zero-order valence-corrected chi connectivity index (χ0v) is 24.0. The van der Waals surface area contributed by atoms with Crippen LogP contribution in [0.4, 0.5) is 0 Å². The van der Waals surface area contributed by atoms with Crippen molar-refractivity contribution in [3.8, 4) is 17.3 Å². The van der Waals surface area contributed by atoms with Crippen molar-refractivity contribution in [2.24, 2.45) is 17.8 Å². The maximum atomic E-state index is 12.3. The second kappa shape index (κ2) is 9.01. The van der Waals surface area contributed by atoms with Crippen LogP contribution in [0.1, 0.15) is 72.8 Å². The van der Waals surface area contributed by atoms with Crippen LogP contribution in [0.3, 0.4) is 0 Å². The van der Waals surface area contributed by atoms with Crippen LogP contribution in [0.25, 0.3) is 21.5 Å². The summed E-state index contributed by atoms with van der Waals surface area (Å²) in [5.41, 5.74) is 2.50. The fourth-order valence-electron chi connectivity index (χ4n) is 7.88. The maximum absolute atomic E-state index is 12.3. The van der Waals surface area contributed by atoms with Gasteiger partial charge in [0, 0.05) is 17.0 Å². The summed E-state index contributed by atoms with van der Waals surface area (Å²) < 4.78 is 13.7. The quantitative estimate of drug-likeness (QED) is 0.244. The van der Waals surface area contributed by atoms with E-state index >= 15 is 0 Å². The Labute approximate surface area is 245 Å². The summed E-state index contributed by atoms with van der Waals surface area (Å²) in [7, 11) is 0. The minimum Gasteiger partial charge on any atom is -0.382 e. The summed E-state index contributed by atoms with van der Waals surface area (Å²) >= 11 is 14.7. The lowest BCUT2D eigenvalue weighted by atomic mass is 9.48. The Balaban J connectivity index is 1.10. The number of benzene rings is 2. The van der Waals surface area contributed by atoms with E-state index < -0.39 is 5.60 Å². The van der Waals surface area contributed by atoms with Crippen LogP contribution in [0.2, 0.25) is 10.0 Å². The number of nitriles is 1. The largest absolute Gasteiger partial charge is 0.382 e. The summed E-state index contributed by atoms with van der Waals surface area (Å²) in [6.07, 6.45) is 6.73. The lowest BCUT2D eigenvalue weighted by Gasteiger charge is -2.62. The first kappa shape index (κ1) is 25.3. The maximum Gasteiger partial charge on any atom is 0.145 e. The third-order valence-electron chi connectivity index (χ3n) is 9.73. The summed E-state index contributed by atoms with van der Waals surface area (Å²) in [6.45, 7) is 0.384. The van der Waals surface area contributed by atoms with Gasteiger partial charge >= 0.3 is 0 Å². The molecule has 5 fully saturated rings. The van der Waals surface area contributed by atoms with Gasteiger partial charge in [-0.1, -0.05) is 34.4 Å². The Morgan fingerprint density at radius 1 is 1.10 bits per heavy atom. The first-order valence-corrected chi connectivity index (χ1v) is 15.5. The number of fused-ring (bicyclic) bond motifs is 1. The topological polar surface area (TPSA) is 92.2 Å². The summed E-state index contributed by atoms with van der Waals surface area (Å²) in [4.78, 5) is 4.89. The van der Waals surface area contributed by atoms with Gasteiger partial charge in [-0.05, 0) is 93.0 Å². The number of hydrogen-bond donors (Lipinski definition) is 1. The highest BCUT2D eigenvalue weighted by molar-refractivity contribution is 7.18. The van der Waals surface area contributed by atoms with Crippen LogP contribution < -0.4 is 0 Å². The molecule has 5 saturated carbocycles. The van der Waals surface area contributed by atoms with Crippen LogP contribution in [-0.2, 0) is 16.9 Å². The van der Waals surface area contributed by atoms with E-state index in [-0.39, 0.29) is 17.4 Å². The van der Waals surface area contributed by atoms with Gasteiger partial charge in [-0.25, -0.2) is 4.98 Å². The number of ether oxygens (including phenoxy) is 1. The van der Waals surface area contributed by atoms with Crippen molar-refractivity contribution in [1.29, 1.82) is 5.26 Å². The number of aliphatic hydroxyl groups is 1. The van der Waals surface area contributed by atoms with Crippen LogP contribution in [0.5, 0.6) is 0 Å². The molecule has 6 nitrogen and oxygen atoms in total. The number of hydrogen-bond acceptors (Lipinski definition) is 7. The number of thiazole rings is 1. The van der Waals surface area contributed by atoms with Gasteiger partial charge in [-0.2, -0.15) is 5.26 Å². The number of rotatable bonds is 6. The molecule has 0 aliphatic heterocycles. The predicted molar refractivity (Wildman–Crippen MR) is 153 cm³/mol. The third kappa shape index (κ3) is 3.80. The molecule has 0 amide bonds. The van der Waals surface area contributed by atoms with E-state index in [4.69, 9.17) is 37.4 Å². The van der Waals surface area contributed by atoms with Crippen molar-refractivity contribution in [2.75, 3.05) is 0 Å². The molecular weight excluding hydrogens is 565 g/mol. The van der Waals surface area contributed by atoms with Gasteiger partial charge in [0.25, 0.3) is 0 Å². The molecule has 4 aromatic rings. The van der Waals surface area contributed by atoms with Crippen LogP contribution in [0.15, 0.2) is 40.9 Å². The zero-order valence-electron chi connectivity index (χ0n) is 21.7. The molecule has 9 rings (SSSR count). The average molecular weight is 593 g/mol. The van der Waals surface area contributed by atoms with E-state index in [9.17, 15) is 10.4 Å². The van der Waals surface area contributed by atoms with E-state index in [1.54, 1.807) is 6.07 Å². The fraction of sp³-hybridized carbons (Fsp3) is 0.452. The molecule has 5 aliphatic rings. The molecule has 5 atom stereocenters. The Kier molecular flexibility index (Phi) is 5.69. The van der Waals surface area contributed by atoms with Crippen molar-refractivity contribution in [2.45, 2.75) is 68.7 Å². The lowest BCUT2D eigenvalue weighted by molar-refractivity contribution is -0.250. The highest BCUT2D eigenvalue weighted by atomic mass is 35.5. The van der Waals surface area contributed by atoms with E-state index in [1.165, 1.54) is 11.3 Å². The van der Waals surface area contributed by atoms with Gasteiger partial charge < -0.3 is 14.4 Å². The number of nitrogens with zero attached hydrogens (tertiary/aromatic N) is 3. The fourth-order valence-corrected chi connectivity index (χ4v) is 9.71. The molecule has 0 unspecified atom stereocenters. The smallest absolute Gasteiger partial charge is 0.145 e. The van der Waals surface area contributed by atoms with Crippen molar-refractivity contribution in [3.63, 3.8) is 0 Å². The predicted octanol–water partition coefficient (Wildman–Crippen LogP) is 7.99. The van der Waals surface area contributed by atoms with Crippen molar-refractivity contribution in [1.82, 2.24) is 10.1 Å². The molecule has 0 saturated heterocycles. The van der Waals surface area contributed by atoms with Crippen molar-refractivity contribution in [3.05, 3.63) is 68.3 Å². The molecule has 40 heavy (non-hydrogen) atoms. The van der Waals surface area contributed by atoms with Gasteiger partial charge in [-0.15, -0.1) is 11.3 Å². The second-order valence-corrected chi connectivity index (χ2v) is 14.0. The first-order chi connectivity index (χ1) is 19.4. The Morgan fingerprint density at radius 3 is 2.55 bits per heavy atom. The van der Waals surface area contributed by atoms with E-state index in [2.05, 4.69) is 11.2 Å². The minimum absolute atomic E-state index is 0.0811. The Bertz CT molecular complexity index is 1670. The lowest BCUT2D eigenvalue weighted by Crippen LogP contribution is -2.62. The number of aromatic nitrogens is 2. The molecule has 4 bridgehead atoms. The highest BCUT2D eigenvalue weighted by Crippen LogP contribution is 2.65. The molecule has 204 valence electrons. The van der Waals surface area contributed by atoms with E-state index in [0.717, 1.165) is 71.5 Å². The van der Waals surface area contributed by atoms with Crippen LogP contribution in [-0.4, -0.2) is 20.8 Å². The first-order valence-electron chi connectivity index (χ1n) is 14.0. The summed E-state index contributed by atoms with van der Waals surface area (Å²) in [5, 5.41) is 27.9. The van der Waals surface area contributed by atoms with Crippen molar-refractivity contribution < 1.29 is 14.4 Å². The molecule has 2 aromatic heterocycles. The van der Waals surface area contributed by atoms with Crippen LogP contribution in [0, 0.1) is 29.1 Å². The van der Waals surface area contributed by atoms with Crippen molar-refractivity contribution >= 4 is 44.8 Å². The Hall–Kier alpha value is -2.47. The summed E-state index contributed by atoms with van der Waals surface area (Å²) in [5.74, 6) is 1.94. The van der Waals surface area contributed by atoms with Gasteiger partial charge in [0.2, 0.25) is 0 Å². The second-order valence-electron chi connectivity index (χ2n) is 12.2. The molecule has 2 heterocycles. The standard InChI is InChI=1S/C31H27Cl2N3O3S/c32-22-2-1-3-23(33)26(22)27-21(28(39-36-27)18-5-6-18)15-38-30-11-17-8-19(12-30)31(37,20(9-17)13-30)29-35-24-7-4-16(14-34)10-25(24)40-29/h1-4,7,10,17-20,37H,5-6,8-9,11-13,15H2/t17-,19-,20+,30-,31-. The highest BCUT2D eigenvalue weighted by Gasteiger charge is 2.64. The van der Waals surface area contributed by atoms with E-state index in [0.29, 0.717) is 45.3 Å². The van der Waals surface area contributed by atoms with Gasteiger partial charge in [0.1, 0.15) is 22.1 Å². The minimum atomic E-state index is -0.965. The van der Waals surface area contributed by atoms with Crippen LogP contribution >= 0.6 is 34.5 Å². The number of halogens is 2. The van der Waals surface area contributed by atoms with E-state index in [1.807, 2.05) is 30.3 Å². The monoisotopic (exact) mass is 591 g/mol. The van der Waals surface area contributed by atoms with Gasteiger partial charge in [-0.3, -0.25) is 0 Å². The van der Waals surface area contributed by atoms with Gasteiger partial charge in [0.05, 0.1) is 44.1 Å². The average Bonchev–Trinajstić information content (AvgIpc) is 3.55. The molecule has 9 heteroatoms. The van der Waals surface area contributed by atoms with Gasteiger partial charge in [0.15, 0.2) is 0 Å². The molecular formula is C31H27Cl2N3O3S. The molecule has 0 spiro atoms. The molecule has 1 N–H and O–H groups in total. The normalized spacial score (nSPS) is 30.7. The molecule has 2 aromatic carbocycles. The molecule has 0 radical (unpaired) electrons. The SMILES string of the molecule is N#Cc1ccc2nc([C@@]3(O)[C@@H]4C[C@@H]5C[C@H]3C[C@@](OCc3c(-c6c(Cl)cccc6Cl)noc3C3CC3)(C5)C4)sc2c1.